The van der Waals surface area contributed by atoms with Crippen LogP contribution in [0.4, 0.5) is 0 Å². The van der Waals surface area contributed by atoms with Crippen LogP contribution in [0.5, 0.6) is 0 Å². The third kappa shape index (κ3) is 4.60. The summed E-state index contributed by atoms with van der Waals surface area (Å²) in [4.78, 5) is 0. The van der Waals surface area contributed by atoms with E-state index in [-0.39, 0.29) is 19.5 Å². The number of hydrogen-bond acceptors (Lipinski definition) is 0. The standard InChI is InChI=1S/C8H12.Rh/c1-2-4-6-8-7-5-3-1;/h1-2,7-8H,3-6H2;/q;+2/b2-1-,8-7-;. The van der Waals surface area contributed by atoms with E-state index in [9.17, 15) is 0 Å². The molecule has 0 atom stereocenters. The molecule has 1 radical (unpaired) electrons. The van der Waals surface area contributed by atoms with Crippen molar-refractivity contribution in [3.63, 3.8) is 0 Å². The van der Waals surface area contributed by atoms with Gasteiger partial charge in [-0.15, -0.1) is 0 Å². The van der Waals surface area contributed by atoms with Gasteiger partial charge in [0.2, 0.25) is 0 Å². The largest absolute Gasteiger partial charge is 2.00 e. The number of hydrogen-bond donors (Lipinski definition) is 0. The molecule has 0 heterocycles. The Balaban J connectivity index is 0.000000640. The summed E-state index contributed by atoms with van der Waals surface area (Å²) in [6.45, 7) is 0. The summed E-state index contributed by atoms with van der Waals surface area (Å²) in [7, 11) is 0. The van der Waals surface area contributed by atoms with E-state index >= 15 is 0 Å². The third-order valence-corrected chi connectivity index (χ3v) is 1.33. The van der Waals surface area contributed by atoms with Crippen LogP contribution < -0.4 is 0 Å². The molecule has 0 nitrogen and oxygen atoms in total. The second-order valence-electron chi connectivity index (χ2n) is 2.10. The van der Waals surface area contributed by atoms with Crippen molar-refractivity contribution in [3.8, 4) is 0 Å². The molecule has 1 aliphatic rings. The number of allylic oxidation sites excluding steroid dienone is 4. The Morgan fingerprint density at radius 1 is 0.556 bits per heavy atom. The van der Waals surface area contributed by atoms with Gasteiger partial charge in [0.25, 0.3) is 0 Å². The van der Waals surface area contributed by atoms with Crippen LogP contribution in [0, 0.1) is 0 Å². The van der Waals surface area contributed by atoms with Crippen molar-refractivity contribution in [1.29, 1.82) is 0 Å². The minimum atomic E-state index is 0. The predicted molar refractivity (Wildman–Crippen MR) is 36.7 cm³/mol. The van der Waals surface area contributed by atoms with Gasteiger partial charge < -0.3 is 0 Å². The first kappa shape index (κ1) is 9.10. The van der Waals surface area contributed by atoms with Gasteiger partial charge in [-0.25, -0.2) is 0 Å². The van der Waals surface area contributed by atoms with Crippen LogP contribution in [0.25, 0.3) is 0 Å². The molecular formula is C8H12Rh+2. The molecule has 0 aromatic carbocycles. The fourth-order valence-corrected chi connectivity index (χ4v) is 0.856. The van der Waals surface area contributed by atoms with E-state index in [2.05, 4.69) is 24.3 Å². The zero-order chi connectivity index (χ0) is 5.66. The van der Waals surface area contributed by atoms with Crippen LogP contribution in [0.1, 0.15) is 25.7 Å². The maximum Gasteiger partial charge on any atom is 2.00 e. The molecule has 1 heteroatoms. The molecule has 0 aromatic heterocycles. The maximum atomic E-state index is 2.27. The van der Waals surface area contributed by atoms with Gasteiger partial charge in [0, 0.05) is 0 Å². The van der Waals surface area contributed by atoms with Gasteiger partial charge in [-0.1, -0.05) is 24.3 Å². The first-order valence-corrected chi connectivity index (χ1v) is 3.30. The number of rotatable bonds is 0. The van der Waals surface area contributed by atoms with Gasteiger partial charge >= 0.3 is 19.5 Å². The monoisotopic (exact) mass is 211 g/mol. The summed E-state index contributed by atoms with van der Waals surface area (Å²) in [5.74, 6) is 0. The van der Waals surface area contributed by atoms with E-state index in [1.165, 1.54) is 25.7 Å². The average Bonchev–Trinajstić information content (AvgIpc) is 1.62. The van der Waals surface area contributed by atoms with Crippen molar-refractivity contribution in [2.75, 3.05) is 0 Å². The van der Waals surface area contributed by atoms with Gasteiger partial charge in [0.15, 0.2) is 0 Å². The van der Waals surface area contributed by atoms with Gasteiger partial charge in [-0.2, -0.15) is 0 Å². The Hall–Kier alpha value is 0.103. The van der Waals surface area contributed by atoms with Crippen molar-refractivity contribution in [1.82, 2.24) is 0 Å². The molecule has 1 aliphatic carbocycles. The van der Waals surface area contributed by atoms with Crippen LogP contribution in [0.15, 0.2) is 24.3 Å². The summed E-state index contributed by atoms with van der Waals surface area (Å²) in [5, 5.41) is 0. The first-order valence-electron chi connectivity index (χ1n) is 3.30. The fourth-order valence-electron chi connectivity index (χ4n) is 0.856. The fraction of sp³-hybridized carbons (Fsp3) is 0.500. The molecule has 0 aliphatic heterocycles. The molecule has 0 saturated heterocycles. The van der Waals surface area contributed by atoms with Crippen LogP contribution >= 0.6 is 0 Å². The molecule has 0 unspecified atom stereocenters. The Kier molecular flexibility index (Phi) is 6.30. The van der Waals surface area contributed by atoms with Crippen LogP contribution in [0.2, 0.25) is 0 Å². The predicted octanol–water partition coefficient (Wildman–Crippen LogP) is 2.67. The zero-order valence-electron chi connectivity index (χ0n) is 5.47. The van der Waals surface area contributed by atoms with Gasteiger partial charge in [-0.3, -0.25) is 0 Å². The van der Waals surface area contributed by atoms with E-state index in [0.717, 1.165) is 0 Å². The molecule has 0 bridgehead atoms. The van der Waals surface area contributed by atoms with Gasteiger partial charge in [0.05, 0.1) is 0 Å². The third-order valence-electron chi connectivity index (χ3n) is 1.33. The van der Waals surface area contributed by atoms with E-state index < -0.39 is 0 Å². The molecule has 0 spiro atoms. The second-order valence-corrected chi connectivity index (χ2v) is 2.10. The molecule has 0 fully saturated rings. The molecule has 1 rings (SSSR count). The molecule has 0 aromatic rings. The molecular weight excluding hydrogens is 199 g/mol. The van der Waals surface area contributed by atoms with Crippen molar-refractivity contribution < 1.29 is 19.5 Å². The molecule has 0 N–H and O–H groups in total. The van der Waals surface area contributed by atoms with E-state index in [0.29, 0.717) is 0 Å². The zero-order valence-corrected chi connectivity index (χ0v) is 7.11. The van der Waals surface area contributed by atoms with E-state index in [1.807, 2.05) is 0 Å². The van der Waals surface area contributed by atoms with Crippen LogP contribution in [-0.2, 0) is 19.5 Å². The SMILES string of the molecule is C1=C\CC/C=C\CC/1.[Rh+2]. The smallest absolute Gasteiger partial charge is 0.0882 e. The van der Waals surface area contributed by atoms with Gasteiger partial charge in [-0.05, 0) is 25.7 Å². The van der Waals surface area contributed by atoms with Crippen LogP contribution in [-0.4, -0.2) is 0 Å². The summed E-state index contributed by atoms with van der Waals surface area (Å²) in [5.41, 5.74) is 0. The first-order chi connectivity index (χ1) is 4.00. The van der Waals surface area contributed by atoms with Crippen molar-refractivity contribution >= 4 is 0 Å². The van der Waals surface area contributed by atoms with Crippen LogP contribution in [0.3, 0.4) is 0 Å². The van der Waals surface area contributed by atoms with E-state index in [1.54, 1.807) is 0 Å². The molecule has 9 heavy (non-hydrogen) atoms. The molecule has 0 amide bonds. The summed E-state index contributed by atoms with van der Waals surface area (Å²) >= 11 is 0. The summed E-state index contributed by atoms with van der Waals surface area (Å²) in [6.07, 6.45) is 14.0. The molecule has 51 valence electrons. The Labute approximate surface area is 69.8 Å². The normalized spacial score (nSPS) is 24.9. The Bertz CT molecular complexity index is 77.1. The van der Waals surface area contributed by atoms with E-state index in [4.69, 9.17) is 0 Å². The molecule has 0 saturated carbocycles. The summed E-state index contributed by atoms with van der Waals surface area (Å²) in [6, 6.07) is 0. The van der Waals surface area contributed by atoms with Crippen molar-refractivity contribution in [3.05, 3.63) is 24.3 Å². The Morgan fingerprint density at radius 2 is 0.778 bits per heavy atom. The second kappa shape index (κ2) is 6.23. The minimum Gasteiger partial charge on any atom is -0.0882 e. The van der Waals surface area contributed by atoms with Gasteiger partial charge in [0.1, 0.15) is 0 Å². The minimum absolute atomic E-state index is 0. The average molecular weight is 211 g/mol. The van der Waals surface area contributed by atoms with Crippen molar-refractivity contribution in [2.24, 2.45) is 0 Å². The maximum absolute atomic E-state index is 2.27. The Morgan fingerprint density at radius 3 is 1.00 bits per heavy atom. The van der Waals surface area contributed by atoms with Crippen molar-refractivity contribution in [2.45, 2.75) is 25.7 Å². The summed E-state index contributed by atoms with van der Waals surface area (Å²) < 4.78 is 0. The topological polar surface area (TPSA) is 0 Å². The quantitative estimate of drug-likeness (QED) is 0.426.